The van der Waals surface area contributed by atoms with E-state index >= 15 is 0 Å². The summed E-state index contributed by atoms with van der Waals surface area (Å²) >= 11 is 0. The van der Waals surface area contributed by atoms with Crippen LogP contribution < -0.4 is 5.32 Å². The number of ether oxygens (including phenoxy) is 1. The van der Waals surface area contributed by atoms with Crippen molar-refractivity contribution in [2.75, 3.05) is 26.8 Å². The molecule has 1 unspecified atom stereocenters. The highest BCUT2D eigenvalue weighted by Crippen LogP contribution is 2.09. The average Bonchev–Trinajstić information content (AvgIpc) is 2.16. The lowest BCUT2D eigenvalue weighted by molar-refractivity contribution is 0.0117. The van der Waals surface area contributed by atoms with Crippen molar-refractivity contribution < 1.29 is 9.53 Å². The molecule has 1 aliphatic heterocycles. The van der Waals surface area contributed by atoms with E-state index in [9.17, 15) is 4.79 Å². The molecule has 0 saturated carbocycles. The quantitative estimate of drug-likeness (QED) is 0.623. The molecule has 4 heteroatoms. The van der Waals surface area contributed by atoms with E-state index in [1.165, 1.54) is 0 Å². The van der Waals surface area contributed by atoms with Gasteiger partial charge in [0.15, 0.2) is 0 Å². The number of hydrogen-bond acceptors (Lipinski definition) is 2. The molecule has 1 aliphatic rings. The van der Waals surface area contributed by atoms with E-state index in [4.69, 9.17) is 4.74 Å². The Bertz CT molecular complexity index is 161. The summed E-state index contributed by atoms with van der Waals surface area (Å²) in [4.78, 5) is 13.1. The van der Waals surface area contributed by atoms with E-state index in [0.29, 0.717) is 19.8 Å². The molecular weight excluding hydrogens is 156 g/mol. The Morgan fingerprint density at radius 2 is 2.50 bits per heavy atom. The fraction of sp³-hybridized carbons (Fsp3) is 0.875. The smallest absolute Gasteiger partial charge is 0.317 e. The molecule has 12 heavy (non-hydrogen) atoms. The molecule has 0 aliphatic carbocycles. The minimum Gasteiger partial charge on any atom is -0.377 e. The third-order valence-electron chi connectivity index (χ3n) is 2.17. The van der Waals surface area contributed by atoms with Gasteiger partial charge in [-0.3, -0.25) is 0 Å². The Morgan fingerprint density at radius 3 is 3.08 bits per heavy atom. The van der Waals surface area contributed by atoms with Gasteiger partial charge < -0.3 is 15.0 Å². The van der Waals surface area contributed by atoms with Crippen LogP contribution in [0, 0.1) is 0 Å². The largest absolute Gasteiger partial charge is 0.377 e. The number of carbonyl (C=O) groups excluding carboxylic acids is 1. The van der Waals surface area contributed by atoms with Gasteiger partial charge in [0, 0.05) is 13.6 Å². The van der Waals surface area contributed by atoms with Crippen LogP contribution in [0.15, 0.2) is 0 Å². The minimum atomic E-state index is 0.00477. The number of morpholine rings is 1. The van der Waals surface area contributed by atoms with Gasteiger partial charge in [0.1, 0.15) is 0 Å². The van der Waals surface area contributed by atoms with Crippen LogP contribution in [0.2, 0.25) is 0 Å². The second-order valence-electron chi connectivity index (χ2n) is 2.89. The zero-order valence-corrected chi connectivity index (χ0v) is 7.67. The van der Waals surface area contributed by atoms with E-state index in [2.05, 4.69) is 12.2 Å². The SMILES string of the molecule is CCC1COCCN1C(=O)NC. The van der Waals surface area contributed by atoms with Gasteiger partial charge in [-0.25, -0.2) is 4.79 Å². The third-order valence-corrected chi connectivity index (χ3v) is 2.17. The zero-order chi connectivity index (χ0) is 8.97. The first-order chi connectivity index (χ1) is 5.79. The summed E-state index contributed by atoms with van der Waals surface area (Å²) in [5.41, 5.74) is 0. The monoisotopic (exact) mass is 172 g/mol. The van der Waals surface area contributed by atoms with Crippen LogP contribution in [-0.2, 0) is 4.74 Å². The molecule has 0 aromatic carbocycles. The maximum atomic E-state index is 11.3. The van der Waals surface area contributed by atoms with E-state index in [1.807, 2.05) is 4.90 Å². The second-order valence-corrected chi connectivity index (χ2v) is 2.89. The van der Waals surface area contributed by atoms with Gasteiger partial charge >= 0.3 is 6.03 Å². The van der Waals surface area contributed by atoms with Crippen molar-refractivity contribution in [1.82, 2.24) is 10.2 Å². The van der Waals surface area contributed by atoms with E-state index in [0.717, 1.165) is 6.42 Å². The van der Waals surface area contributed by atoms with Crippen molar-refractivity contribution in [1.29, 1.82) is 0 Å². The number of urea groups is 1. The first-order valence-corrected chi connectivity index (χ1v) is 4.35. The summed E-state index contributed by atoms with van der Waals surface area (Å²) in [6.45, 7) is 4.10. The van der Waals surface area contributed by atoms with Crippen molar-refractivity contribution in [2.45, 2.75) is 19.4 Å². The molecule has 0 radical (unpaired) electrons. The first kappa shape index (κ1) is 9.32. The lowest BCUT2D eigenvalue weighted by Gasteiger charge is -2.34. The fourth-order valence-corrected chi connectivity index (χ4v) is 1.40. The van der Waals surface area contributed by atoms with Crippen LogP contribution in [0.4, 0.5) is 4.79 Å². The lowest BCUT2D eigenvalue weighted by Crippen LogP contribution is -2.51. The van der Waals surface area contributed by atoms with Crippen LogP contribution in [0.5, 0.6) is 0 Å². The zero-order valence-electron chi connectivity index (χ0n) is 7.67. The molecule has 1 heterocycles. The molecule has 0 aromatic heterocycles. The number of hydrogen-bond donors (Lipinski definition) is 1. The topological polar surface area (TPSA) is 41.6 Å². The Kier molecular flexibility index (Phi) is 3.34. The predicted octanol–water partition coefficient (Wildman–Crippen LogP) is 0.437. The maximum Gasteiger partial charge on any atom is 0.317 e. The summed E-state index contributed by atoms with van der Waals surface area (Å²) in [5.74, 6) is 0. The van der Waals surface area contributed by atoms with Crippen molar-refractivity contribution in [3.8, 4) is 0 Å². The lowest BCUT2D eigenvalue weighted by atomic mass is 10.2. The van der Waals surface area contributed by atoms with E-state index in [1.54, 1.807) is 7.05 Å². The summed E-state index contributed by atoms with van der Waals surface area (Å²) in [6.07, 6.45) is 0.952. The summed E-state index contributed by atoms with van der Waals surface area (Å²) in [5, 5.41) is 2.63. The minimum absolute atomic E-state index is 0.00477. The Balaban J connectivity index is 2.52. The number of rotatable bonds is 1. The van der Waals surface area contributed by atoms with E-state index in [-0.39, 0.29) is 12.1 Å². The number of amides is 2. The van der Waals surface area contributed by atoms with Gasteiger partial charge in [-0.15, -0.1) is 0 Å². The molecule has 2 amide bonds. The Morgan fingerprint density at radius 1 is 1.75 bits per heavy atom. The van der Waals surface area contributed by atoms with Crippen molar-refractivity contribution in [2.24, 2.45) is 0 Å². The number of nitrogens with zero attached hydrogens (tertiary/aromatic N) is 1. The van der Waals surface area contributed by atoms with Crippen LogP contribution in [0.1, 0.15) is 13.3 Å². The standard InChI is InChI=1S/C8H16N2O2/c1-3-7-6-12-5-4-10(7)8(11)9-2/h7H,3-6H2,1-2H3,(H,9,11). The predicted molar refractivity (Wildman–Crippen MR) is 46.1 cm³/mol. The van der Waals surface area contributed by atoms with Crippen LogP contribution in [0.25, 0.3) is 0 Å². The third kappa shape index (κ3) is 1.88. The fourth-order valence-electron chi connectivity index (χ4n) is 1.40. The summed E-state index contributed by atoms with van der Waals surface area (Å²) in [6, 6.07) is 0.254. The maximum absolute atomic E-state index is 11.3. The molecule has 1 N–H and O–H groups in total. The van der Waals surface area contributed by atoms with Crippen molar-refractivity contribution in [3.05, 3.63) is 0 Å². The van der Waals surface area contributed by atoms with Gasteiger partial charge in [0.2, 0.25) is 0 Å². The molecule has 1 saturated heterocycles. The molecule has 0 aromatic rings. The first-order valence-electron chi connectivity index (χ1n) is 4.35. The van der Waals surface area contributed by atoms with Gasteiger partial charge in [0.05, 0.1) is 19.3 Å². The highest BCUT2D eigenvalue weighted by molar-refractivity contribution is 5.74. The summed E-state index contributed by atoms with van der Waals surface area (Å²) < 4.78 is 5.28. The van der Waals surface area contributed by atoms with Gasteiger partial charge in [-0.05, 0) is 6.42 Å². The Hall–Kier alpha value is -0.770. The molecule has 1 atom stereocenters. The molecular formula is C8H16N2O2. The molecule has 0 spiro atoms. The Labute approximate surface area is 72.9 Å². The van der Waals surface area contributed by atoms with Crippen LogP contribution in [0.3, 0.4) is 0 Å². The number of nitrogens with one attached hydrogen (secondary N) is 1. The van der Waals surface area contributed by atoms with E-state index < -0.39 is 0 Å². The van der Waals surface area contributed by atoms with Gasteiger partial charge in [-0.1, -0.05) is 6.92 Å². The second kappa shape index (κ2) is 4.30. The van der Waals surface area contributed by atoms with Crippen LogP contribution >= 0.6 is 0 Å². The highest BCUT2D eigenvalue weighted by atomic mass is 16.5. The molecule has 70 valence electrons. The average molecular weight is 172 g/mol. The normalized spacial score (nSPS) is 23.8. The van der Waals surface area contributed by atoms with Crippen LogP contribution in [-0.4, -0.2) is 43.8 Å². The highest BCUT2D eigenvalue weighted by Gasteiger charge is 2.24. The van der Waals surface area contributed by atoms with Gasteiger partial charge in [-0.2, -0.15) is 0 Å². The van der Waals surface area contributed by atoms with Crippen molar-refractivity contribution >= 4 is 6.03 Å². The van der Waals surface area contributed by atoms with Gasteiger partial charge in [0.25, 0.3) is 0 Å². The molecule has 1 rings (SSSR count). The molecule has 4 nitrogen and oxygen atoms in total. The molecule has 0 bridgehead atoms. The molecule has 1 fully saturated rings. The summed E-state index contributed by atoms with van der Waals surface area (Å²) in [7, 11) is 1.66. The van der Waals surface area contributed by atoms with Crippen molar-refractivity contribution in [3.63, 3.8) is 0 Å². The number of carbonyl (C=O) groups is 1.